The molecule has 0 aromatic heterocycles. The Labute approximate surface area is 61.7 Å². The molecule has 10 heavy (non-hydrogen) atoms. The Morgan fingerprint density at radius 1 is 1.50 bits per heavy atom. The molecule has 0 aliphatic heterocycles. The Kier molecular flexibility index (Phi) is 3.36. The van der Waals surface area contributed by atoms with Crippen molar-refractivity contribution in [2.45, 2.75) is 27.2 Å². The van der Waals surface area contributed by atoms with Crippen molar-refractivity contribution in [2.75, 3.05) is 7.11 Å². The highest BCUT2D eigenvalue weighted by molar-refractivity contribution is 5.75. The molecule has 0 spiro atoms. The van der Waals surface area contributed by atoms with Crippen molar-refractivity contribution in [3.8, 4) is 0 Å². The third-order valence-corrected chi connectivity index (χ3v) is 0.907. The summed E-state index contributed by atoms with van der Waals surface area (Å²) >= 11 is 0. The van der Waals surface area contributed by atoms with E-state index in [1.165, 1.54) is 7.11 Å². The maximum atomic E-state index is 10.8. The first-order chi connectivity index (χ1) is 4.45. The molecular formula is C7H15NO2. The summed E-state index contributed by atoms with van der Waals surface area (Å²) in [6.45, 7) is 6.01. The average molecular weight is 145 g/mol. The van der Waals surface area contributed by atoms with E-state index in [1.807, 2.05) is 20.8 Å². The van der Waals surface area contributed by atoms with Crippen LogP contribution in [0.25, 0.3) is 0 Å². The van der Waals surface area contributed by atoms with Crippen molar-refractivity contribution in [3.63, 3.8) is 0 Å². The summed E-state index contributed by atoms with van der Waals surface area (Å²) < 4.78 is 0. The Hall–Kier alpha value is -0.570. The third kappa shape index (κ3) is 5.56. The van der Waals surface area contributed by atoms with Crippen LogP contribution < -0.4 is 5.48 Å². The summed E-state index contributed by atoms with van der Waals surface area (Å²) in [5.41, 5.74) is 2.29. The summed E-state index contributed by atoms with van der Waals surface area (Å²) in [4.78, 5) is 15.3. The molecule has 3 heteroatoms. The summed E-state index contributed by atoms with van der Waals surface area (Å²) in [5.74, 6) is -0.0741. The first-order valence-corrected chi connectivity index (χ1v) is 3.27. The van der Waals surface area contributed by atoms with Crippen molar-refractivity contribution in [1.29, 1.82) is 0 Å². The smallest absolute Gasteiger partial charge is 0.244 e. The van der Waals surface area contributed by atoms with E-state index in [1.54, 1.807) is 0 Å². The van der Waals surface area contributed by atoms with Gasteiger partial charge < -0.3 is 0 Å². The molecule has 0 aromatic carbocycles. The number of carbonyl (C=O) groups excluding carboxylic acids is 1. The van der Waals surface area contributed by atoms with E-state index in [0.29, 0.717) is 6.42 Å². The molecule has 1 N–H and O–H groups in total. The summed E-state index contributed by atoms with van der Waals surface area (Å²) in [6, 6.07) is 0. The fourth-order valence-corrected chi connectivity index (χ4v) is 0.632. The van der Waals surface area contributed by atoms with Crippen LogP contribution in [0.3, 0.4) is 0 Å². The lowest BCUT2D eigenvalue weighted by Gasteiger charge is -2.16. The van der Waals surface area contributed by atoms with Crippen LogP contribution >= 0.6 is 0 Å². The van der Waals surface area contributed by atoms with Gasteiger partial charge in [-0.15, -0.1) is 0 Å². The highest BCUT2D eigenvalue weighted by atomic mass is 16.6. The van der Waals surface area contributed by atoms with Crippen LogP contribution in [0.4, 0.5) is 0 Å². The number of rotatable bonds is 2. The molecule has 60 valence electrons. The van der Waals surface area contributed by atoms with Gasteiger partial charge in [0.05, 0.1) is 7.11 Å². The zero-order valence-electron chi connectivity index (χ0n) is 7.02. The molecule has 0 atom stereocenters. The lowest BCUT2D eigenvalue weighted by Crippen LogP contribution is -2.26. The molecule has 0 saturated heterocycles. The first kappa shape index (κ1) is 9.43. The van der Waals surface area contributed by atoms with Crippen molar-refractivity contribution < 1.29 is 9.63 Å². The van der Waals surface area contributed by atoms with Gasteiger partial charge in [0.15, 0.2) is 0 Å². The molecule has 3 nitrogen and oxygen atoms in total. The molecular weight excluding hydrogens is 130 g/mol. The Morgan fingerprint density at radius 2 is 2.00 bits per heavy atom. The Balaban J connectivity index is 3.58. The molecule has 0 aliphatic rings. The largest absolute Gasteiger partial charge is 0.277 e. The molecule has 0 unspecified atom stereocenters. The molecule has 0 aromatic rings. The highest BCUT2D eigenvalue weighted by Gasteiger charge is 2.15. The second-order valence-corrected chi connectivity index (χ2v) is 3.47. The molecule has 0 saturated carbocycles. The van der Waals surface area contributed by atoms with Crippen molar-refractivity contribution in [1.82, 2.24) is 5.48 Å². The minimum atomic E-state index is -0.0741. The van der Waals surface area contributed by atoms with Crippen LogP contribution in [0.5, 0.6) is 0 Å². The Bertz CT molecular complexity index is 115. The fourth-order valence-electron chi connectivity index (χ4n) is 0.632. The van der Waals surface area contributed by atoms with Gasteiger partial charge in [-0.2, -0.15) is 0 Å². The predicted octanol–water partition coefficient (Wildman–Crippen LogP) is 1.10. The van der Waals surface area contributed by atoms with Crippen LogP contribution in [0.15, 0.2) is 0 Å². The second-order valence-electron chi connectivity index (χ2n) is 3.47. The summed E-state index contributed by atoms with van der Waals surface area (Å²) in [6.07, 6.45) is 0.487. The van der Waals surface area contributed by atoms with Gasteiger partial charge in [-0.1, -0.05) is 20.8 Å². The minimum Gasteiger partial charge on any atom is -0.277 e. The van der Waals surface area contributed by atoms with Crippen LogP contribution in [0.2, 0.25) is 0 Å². The van der Waals surface area contributed by atoms with E-state index < -0.39 is 0 Å². The van der Waals surface area contributed by atoms with Crippen LogP contribution in [-0.2, 0) is 9.63 Å². The van der Waals surface area contributed by atoms with Gasteiger partial charge in [-0.05, 0) is 5.41 Å². The zero-order chi connectivity index (χ0) is 8.20. The van der Waals surface area contributed by atoms with Gasteiger partial charge in [-0.25, -0.2) is 5.48 Å². The van der Waals surface area contributed by atoms with Gasteiger partial charge in [0, 0.05) is 6.42 Å². The second kappa shape index (κ2) is 3.56. The van der Waals surface area contributed by atoms with Gasteiger partial charge in [0.2, 0.25) is 5.91 Å². The van der Waals surface area contributed by atoms with Crippen molar-refractivity contribution in [3.05, 3.63) is 0 Å². The fraction of sp³-hybridized carbons (Fsp3) is 0.857. The standard InChI is InChI=1S/C7H15NO2/c1-7(2,3)5-6(9)8-10-4/h5H2,1-4H3,(H,8,9). The minimum absolute atomic E-state index is 0.0304. The highest BCUT2D eigenvalue weighted by Crippen LogP contribution is 2.17. The number of carbonyl (C=O) groups is 1. The molecule has 0 radical (unpaired) electrons. The van der Waals surface area contributed by atoms with Crippen LogP contribution in [0.1, 0.15) is 27.2 Å². The van der Waals surface area contributed by atoms with Gasteiger partial charge in [0.25, 0.3) is 0 Å². The molecule has 0 rings (SSSR count). The number of amides is 1. The van der Waals surface area contributed by atoms with Crippen molar-refractivity contribution in [2.24, 2.45) is 5.41 Å². The monoisotopic (exact) mass is 145 g/mol. The van der Waals surface area contributed by atoms with Crippen molar-refractivity contribution >= 4 is 5.91 Å². The van der Waals surface area contributed by atoms with E-state index in [-0.39, 0.29) is 11.3 Å². The van der Waals surface area contributed by atoms with Crippen LogP contribution in [0, 0.1) is 5.41 Å². The zero-order valence-corrected chi connectivity index (χ0v) is 7.02. The number of hydrogen-bond acceptors (Lipinski definition) is 2. The first-order valence-electron chi connectivity index (χ1n) is 3.27. The molecule has 0 aliphatic carbocycles. The van der Waals surface area contributed by atoms with E-state index in [9.17, 15) is 4.79 Å². The Morgan fingerprint density at radius 3 is 2.30 bits per heavy atom. The van der Waals surface area contributed by atoms with E-state index in [4.69, 9.17) is 0 Å². The van der Waals surface area contributed by atoms with E-state index in [0.717, 1.165) is 0 Å². The number of nitrogens with one attached hydrogen (secondary N) is 1. The molecule has 0 bridgehead atoms. The van der Waals surface area contributed by atoms with E-state index >= 15 is 0 Å². The predicted molar refractivity (Wildman–Crippen MR) is 39.2 cm³/mol. The maximum Gasteiger partial charge on any atom is 0.244 e. The third-order valence-electron chi connectivity index (χ3n) is 0.907. The van der Waals surface area contributed by atoms with Gasteiger partial charge >= 0.3 is 0 Å². The normalized spacial score (nSPS) is 11.2. The lowest BCUT2D eigenvalue weighted by atomic mass is 9.92. The van der Waals surface area contributed by atoms with Crippen LogP contribution in [-0.4, -0.2) is 13.0 Å². The quantitative estimate of drug-likeness (QED) is 0.591. The average Bonchev–Trinajstić information content (AvgIpc) is 1.59. The number of hydroxylamine groups is 1. The molecule has 1 amide bonds. The summed E-state index contributed by atoms with van der Waals surface area (Å²) in [7, 11) is 1.43. The maximum absolute atomic E-state index is 10.8. The SMILES string of the molecule is CONC(=O)CC(C)(C)C. The van der Waals surface area contributed by atoms with E-state index in [2.05, 4.69) is 10.3 Å². The molecule has 0 heterocycles. The number of hydrogen-bond donors (Lipinski definition) is 1. The topological polar surface area (TPSA) is 38.3 Å². The lowest BCUT2D eigenvalue weighted by molar-refractivity contribution is -0.133. The molecule has 0 fully saturated rings. The van der Waals surface area contributed by atoms with Gasteiger partial charge in [0.1, 0.15) is 0 Å². The van der Waals surface area contributed by atoms with Gasteiger partial charge in [-0.3, -0.25) is 9.63 Å². The summed E-state index contributed by atoms with van der Waals surface area (Å²) in [5, 5.41) is 0.